The van der Waals surface area contributed by atoms with E-state index in [4.69, 9.17) is 15.5 Å². The minimum absolute atomic E-state index is 0.357. The summed E-state index contributed by atoms with van der Waals surface area (Å²) in [5.74, 6) is 2.04. The number of hydrogen-bond acceptors (Lipinski definition) is 4. The monoisotopic (exact) mass is 233 g/mol. The highest BCUT2D eigenvalue weighted by Gasteiger charge is 2.30. The topological polar surface area (TPSA) is 61.0 Å². The van der Waals surface area contributed by atoms with Crippen LogP contribution < -0.4 is 5.73 Å². The third-order valence-electron chi connectivity index (χ3n) is 3.88. The molecule has 4 nitrogen and oxygen atoms in total. The Morgan fingerprint density at radius 2 is 1.94 bits per heavy atom. The van der Waals surface area contributed by atoms with E-state index in [2.05, 4.69) is 11.1 Å². The molecule has 0 spiro atoms. The predicted molar refractivity (Wildman–Crippen MR) is 64.8 cm³/mol. The third-order valence-corrected chi connectivity index (χ3v) is 3.88. The average Bonchev–Trinajstić information content (AvgIpc) is 2.36. The zero-order valence-electron chi connectivity index (χ0n) is 10.0. The normalized spacial score (nSPS) is 29.9. The van der Waals surface area contributed by atoms with Gasteiger partial charge < -0.3 is 10.5 Å². The molecule has 92 valence electrons. The molecule has 0 unspecified atom stereocenters. The van der Waals surface area contributed by atoms with Gasteiger partial charge in [-0.15, -0.1) is 0 Å². The predicted octanol–water partition coefficient (Wildman–Crippen LogP) is 1.58. The van der Waals surface area contributed by atoms with E-state index in [9.17, 15) is 0 Å². The molecule has 4 heteroatoms. The lowest BCUT2D eigenvalue weighted by atomic mass is 9.80. The number of aromatic nitrogens is 2. The fourth-order valence-corrected chi connectivity index (χ4v) is 2.68. The number of nitrogens with zero attached hydrogens (tertiary/aromatic N) is 2. The van der Waals surface area contributed by atoms with E-state index in [1.54, 1.807) is 0 Å². The summed E-state index contributed by atoms with van der Waals surface area (Å²) in [6, 6.07) is 2.41. The molecule has 1 aromatic heterocycles. The van der Waals surface area contributed by atoms with Crippen molar-refractivity contribution >= 4 is 0 Å². The van der Waals surface area contributed by atoms with Gasteiger partial charge in [-0.3, -0.25) is 0 Å². The van der Waals surface area contributed by atoms with Gasteiger partial charge in [-0.2, -0.15) is 0 Å². The van der Waals surface area contributed by atoms with Crippen molar-refractivity contribution in [3.63, 3.8) is 0 Å². The molecule has 0 atom stereocenters. The number of hydrogen-bond donors (Lipinski definition) is 1. The van der Waals surface area contributed by atoms with Crippen molar-refractivity contribution in [3.8, 4) is 0 Å². The van der Waals surface area contributed by atoms with Crippen molar-refractivity contribution < 1.29 is 4.74 Å². The van der Waals surface area contributed by atoms with E-state index in [1.807, 2.05) is 6.20 Å². The summed E-state index contributed by atoms with van der Waals surface area (Å²) >= 11 is 0. The Hall–Kier alpha value is -1.00. The summed E-state index contributed by atoms with van der Waals surface area (Å²) in [7, 11) is 0. The summed E-state index contributed by atoms with van der Waals surface area (Å²) in [6.07, 6.45) is 6.15. The van der Waals surface area contributed by atoms with E-state index in [0.717, 1.165) is 44.7 Å². The largest absolute Gasteiger partial charge is 0.381 e. The molecule has 3 rings (SSSR count). The molecule has 0 radical (unpaired) electrons. The molecule has 2 fully saturated rings. The number of nitrogens with two attached hydrogens (primary N) is 1. The van der Waals surface area contributed by atoms with Crippen LogP contribution in [0, 0.1) is 0 Å². The van der Waals surface area contributed by atoms with Crippen LogP contribution in [-0.2, 0) is 4.74 Å². The van der Waals surface area contributed by atoms with E-state index >= 15 is 0 Å². The average molecular weight is 233 g/mol. The molecule has 17 heavy (non-hydrogen) atoms. The lowest BCUT2D eigenvalue weighted by Crippen LogP contribution is -2.35. The molecule has 0 bridgehead atoms. The minimum atomic E-state index is 0.357. The van der Waals surface area contributed by atoms with Gasteiger partial charge in [0.25, 0.3) is 0 Å². The van der Waals surface area contributed by atoms with Gasteiger partial charge >= 0.3 is 0 Å². The molecule has 1 aliphatic heterocycles. The first-order valence-corrected chi connectivity index (χ1v) is 6.49. The van der Waals surface area contributed by atoms with Crippen LogP contribution in [0.3, 0.4) is 0 Å². The lowest BCUT2D eigenvalue weighted by Gasteiger charge is -2.31. The van der Waals surface area contributed by atoms with Gasteiger partial charge in [0.05, 0.1) is 0 Å². The van der Waals surface area contributed by atoms with Crippen LogP contribution in [-0.4, -0.2) is 29.2 Å². The highest BCUT2D eigenvalue weighted by atomic mass is 16.5. The maximum Gasteiger partial charge on any atom is 0.131 e. The quantitative estimate of drug-likeness (QED) is 0.842. The zero-order valence-corrected chi connectivity index (χ0v) is 10.0. The van der Waals surface area contributed by atoms with E-state index in [0.29, 0.717) is 17.9 Å². The van der Waals surface area contributed by atoms with Crippen molar-refractivity contribution in [3.05, 3.63) is 23.8 Å². The van der Waals surface area contributed by atoms with Crippen LogP contribution in [0.2, 0.25) is 0 Å². The van der Waals surface area contributed by atoms with Crippen molar-refractivity contribution in [2.75, 3.05) is 13.2 Å². The molecule has 1 saturated heterocycles. The Balaban J connectivity index is 1.74. The molecule has 2 heterocycles. The van der Waals surface area contributed by atoms with Crippen molar-refractivity contribution in [2.45, 2.75) is 43.6 Å². The fraction of sp³-hybridized carbons (Fsp3) is 0.692. The van der Waals surface area contributed by atoms with Gasteiger partial charge in [0.2, 0.25) is 0 Å². The maximum absolute atomic E-state index is 5.81. The number of rotatable bonds is 2. The van der Waals surface area contributed by atoms with Gasteiger partial charge in [-0.05, 0) is 31.7 Å². The highest BCUT2D eigenvalue weighted by Crippen LogP contribution is 2.34. The van der Waals surface area contributed by atoms with Gasteiger partial charge in [0.15, 0.2) is 0 Å². The summed E-state index contributed by atoms with van der Waals surface area (Å²) in [5, 5.41) is 0. The van der Waals surface area contributed by atoms with Crippen LogP contribution in [0.25, 0.3) is 0 Å². The second kappa shape index (κ2) is 4.70. The molecular weight excluding hydrogens is 214 g/mol. The molecule has 2 aliphatic rings. The smallest absolute Gasteiger partial charge is 0.131 e. The van der Waals surface area contributed by atoms with Gasteiger partial charge in [-0.25, -0.2) is 9.97 Å². The molecule has 0 amide bonds. The van der Waals surface area contributed by atoms with Crippen molar-refractivity contribution in [2.24, 2.45) is 5.73 Å². The first kappa shape index (κ1) is 11.1. The Morgan fingerprint density at radius 3 is 2.65 bits per heavy atom. The first-order chi connectivity index (χ1) is 8.33. The van der Waals surface area contributed by atoms with Crippen LogP contribution in [0.4, 0.5) is 0 Å². The molecule has 2 N–H and O–H groups in total. The molecule has 1 aromatic rings. The van der Waals surface area contributed by atoms with Crippen LogP contribution in [0.15, 0.2) is 12.3 Å². The molecule has 0 aromatic carbocycles. The van der Waals surface area contributed by atoms with E-state index in [-0.39, 0.29) is 0 Å². The molecular formula is C13H19N3O. The van der Waals surface area contributed by atoms with Gasteiger partial charge in [0.1, 0.15) is 5.82 Å². The maximum atomic E-state index is 5.81. The Bertz CT molecular complexity index is 384. The van der Waals surface area contributed by atoms with Crippen LogP contribution >= 0.6 is 0 Å². The van der Waals surface area contributed by atoms with Crippen molar-refractivity contribution in [1.29, 1.82) is 0 Å². The summed E-state index contributed by atoms with van der Waals surface area (Å²) in [6.45, 7) is 1.72. The number of ether oxygens (including phenoxy) is 1. The van der Waals surface area contributed by atoms with Gasteiger partial charge in [-0.1, -0.05) is 0 Å². The third kappa shape index (κ3) is 2.33. The highest BCUT2D eigenvalue weighted by molar-refractivity contribution is 5.13. The summed E-state index contributed by atoms with van der Waals surface area (Å²) in [5.41, 5.74) is 7.01. The van der Waals surface area contributed by atoms with Gasteiger partial charge in [0, 0.05) is 43.0 Å². The standard InChI is InChI=1S/C13H19N3O/c14-11-7-10(8-11)13-15-4-1-12(16-13)9-2-5-17-6-3-9/h1,4,9-11H,2-3,5-8,14H2. The second-order valence-electron chi connectivity index (χ2n) is 5.15. The lowest BCUT2D eigenvalue weighted by molar-refractivity contribution is 0.0844. The Morgan fingerprint density at radius 1 is 1.18 bits per heavy atom. The fourth-order valence-electron chi connectivity index (χ4n) is 2.68. The molecule has 1 saturated carbocycles. The SMILES string of the molecule is NC1CC(c2nccc(C3CCOCC3)n2)C1. The first-order valence-electron chi connectivity index (χ1n) is 6.49. The van der Waals surface area contributed by atoms with E-state index in [1.165, 1.54) is 5.69 Å². The minimum Gasteiger partial charge on any atom is -0.381 e. The Labute approximate surface area is 102 Å². The van der Waals surface area contributed by atoms with Crippen LogP contribution in [0.5, 0.6) is 0 Å². The zero-order chi connectivity index (χ0) is 11.7. The second-order valence-corrected chi connectivity index (χ2v) is 5.15. The Kier molecular flexibility index (Phi) is 3.07. The molecule has 1 aliphatic carbocycles. The summed E-state index contributed by atoms with van der Waals surface area (Å²) < 4.78 is 5.39. The van der Waals surface area contributed by atoms with Crippen LogP contribution in [0.1, 0.15) is 49.0 Å². The van der Waals surface area contributed by atoms with E-state index < -0.39 is 0 Å². The van der Waals surface area contributed by atoms with Crippen molar-refractivity contribution in [1.82, 2.24) is 9.97 Å². The summed E-state index contributed by atoms with van der Waals surface area (Å²) in [4.78, 5) is 9.12.